The van der Waals surface area contributed by atoms with Gasteiger partial charge in [0.15, 0.2) is 0 Å². The molecule has 7 heteroatoms. The van der Waals surface area contributed by atoms with E-state index in [0.717, 1.165) is 26.1 Å². The molecular weight excluding hydrogens is 361 g/mol. The normalized spacial score (nSPS) is 16.9. The molecule has 0 spiro atoms. The summed E-state index contributed by atoms with van der Waals surface area (Å²) in [5.74, 6) is 0.611. The fourth-order valence-electron chi connectivity index (χ4n) is 3.05. The third-order valence-corrected chi connectivity index (χ3v) is 4.58. The summed E-state index contributed by atoms with van der Waals surface area (Å²) >= 11 is 5.80. The summed E-state index contributed by atoms with van der Waals surface area (Å²) in [5.41, 5.74) is 0.580. The first-order valence-corrected chi connectivity index (χ1v) is 8.94. The molecule has 25 heavy (non-hydrogen) atoms. The van der Waals surface area contributed by atoms with Gasteiger partial charge in [-0.3, -0.25) is 9.59 Å². The number of halogens is 2. The fraction of sp³-hybridized carbons (Fsp3) is 0.556. The molecule has 1 aromatic rings. The average Bonchev–Trinajstić information content (AvgIpc) is 2.59. The van der Waals surface area contributed by atoms with Crippen molar-refractivity contribution in [2.75, 3.05) is 33.2 Å². The summed E-state index contributed by atoms with van der Waals surface area (Å²) in [6.07, 6.45) is 3.39. The second-order valence-corrected chi connectivity index (χ2v) is 6.71. The van der Waals surface area contributed by atoms with Gasteiger partial charge >= 0.3 is 0 Å². The second-order valence-electron chi connectivity index (χ2n) is 6.27. The van der Waals surface area contributed by atoms with Crippen LogP contribution in [0.2, 0.25) is 5.02 Å². The van der Waals surface area contributed by atoms with Crippen LogP contribution in [0.4, 0.5) is 0 Å². The fourth-order valence-corrected chi connectivity index (χ4v) is 3.18. The van der Waals surface area contributed by atoms with Gasteiger partial charge in [-0.25, -0.2) is 0 Å². The highest BCUT2D eigenvalue weighted by Crippen LogP contribution is 2.16. The zero-order valence-corrected chi connectivity index (χ0v) is 16.2. The Morgan fingerprint density at radius 1 is 1.28 bits per heavy atom. The van der Waals surface area contributed by atoms with Gasteiger partial charge in [-0.1, -0.05) is 11.6 Å². The molecule has 140 valence electrons. The van der Waals surface area contributed by atoms with E-state index in [0.29, 0.717) is 35.9 Å². The number of hydrogen-bond donors (Lipinski definition) is 2. The maximum Gasteiger partial charge on any atom is 0.251 e. The number of piperidine rings is 1. The maximum absolute atomic E-state index is 12.3. The minimum atomic E-state index is -0.133. The van der Waals surface area contributed by atoms with Crippen LogP contribution in [0.25, 0.3) is 0 Å². The van der Waals surface area contributed by atoms with E-state index in [1.54, 1.807) is 24.3 Å². The predicted octanol–water partition coefficient (Wildman–Crippen LogP) is 2.73. The third-order valence-electron chi connectivity index (χ3n) is 4.32. The molecule has 0 saturated carbocycles. The maximum atomic E-state index is 12.3. The van der Waals surface area contributed by atoms with Crippen molar-refractivity contribution in [3.8, 4) is 0 Å². The third kappa shape index (κ3) is 7.22. The molecule has 1 atom stereocenters. The van der Waals surface area contributed by atoms with Gasteiger partial charge in [0, 0.05) is 36.6 Å². The lowest BCUT2D eigenvalue weighted by Crippen LogP contribution is -2.42. The summed E-state index contributed by atoms with van der Waals surface area (Å²) in [6, 6.07) is 6.77. The van der Waals surface area contributed by atoms with Crippen molar-refractivity contribution in [1.82, 2.24) is 15.5 Å². The number of amides is 2. The van der Waals surface area contributed by atoms with Gasteiger partial charge in [-0.05, 0) is 63.0 Å². The minimum Gasteiger partial charge on any atom is -0.352 e. The van der Waals surface area contributed by atoms with E-state index in [4.69, 9.17) is 11.6 Å². The molecule has 0 aromatic heterocycles. The minimum absolute atomic E-state index is 0. The van der Waals surface area contributed by atoms with Crippen molar-refractivity contribution in [2.24, 2.45) is 5.92 Å². The zero-order valence-electron chi connectivity index (χ0n) is 14.6. The summed E-state index contributed by atoms with van der Waals surface area (Å²) in [5, 5.41) is 6.64. The Morgan fingerprint density at radius 2 is 2.00 bits per heavy atom. The van der Waals surface area contributed by atoms with Crippen molar-refractivity contribution in [2.45, 2.75) is 25.7 Å². The highest BCUT2D eigenvalue weighted by atomic mass is 35.5. The Kier molecular flexibility index (Phi) is 9.86. The first-order valence-electron chi connectivity index (χ1n) is 8.56. The van der Waals surface area contributed by atoms with Crippen molar-refractivity contribution in [1.29, 1.82) is 0 Å². The lowest BCUT2D eigenvalue weighted by Gasteiger charge is -2.32. The van der Waals surface area contributed by atoms with E-state index in [-0.39, 0.29) is 24.2 Å². The molecule has 0 bridgehead atoms. The Morgan fingerprint density at radius 3 is 2.68 bits per heavy atom. The molecule has 1 aliphatic rings. The first kappa shape index (κ1) is 21.7. The molecule has 1 heterocycles. The van der Waals surface area contributed by atoms with Crippen LogP contribution >= 0.6 is 24.0 Å². The Labute approximate surface area is 160 Å². The van der Waals surface area contributed by atoms with Gasteiger partial charge in [-0.15, -0.1) is 12.4 Å². The molecule has 1 fully saturated rings. The molecule has 1 unspecified atom stereocenters. The monoisotopic (exact) mass is 387 g/mol. The Balaban J connectivity index is 0.00000312. The summed E-state index contributed by atoms with van der Waals surface area (Å²) in [4.78, 5) is 26.2. The molecular formula is C18H27Cl2N3O2. The van der Waals surface area contributed by atoms with Gasteiger partial charge < -0.3 is 15.5 Å². The van der Waals surface area contributed by atoms with Gasteiger partial charge in [-0.2, -0.15) is 0 Å². The number of benzene rings is 1. The van der Waals surface area contributed by atoms with E-state index in [9.17, 15) is 9.59 Å². The molecule has 1 saturated heterocycles. The largest absolute Gasteiger partial charge is 0.352 e. The zero-order chi connectivity index (χ0) is 17.4. The van der Waals surface area contributed by atoms with Crippen LogP contribution in [-0.2, 0) is 4.79 Å². The Hall–Kier alpha value is -1.30. The van der Waals surface area contributed by atoms with E-state index >= 15 is 0 Å². The van der Waals surface area contributed by atoms with Crippen molar-refractivity contribution < 1.29 is 9.59 Å². The standard InChI is InChI=1S/C18H26ClN3O2.ClH/c1-20-12-14-4-3-11-22(13-14)17(23)5-2-10-21-18(24)15-6-8-16(19)9-7-15;/h6-9,14,20H,2-5,10-13H2,1H3,(H,21,24);1H. The highest BCUT2D eigenvalue weighted by Gasteiger charge is 2.22. The van der Waals surface area contributed by atoms with Crippen LogP contribution in [0.5, 0.6) is 0 Å². The number of hydrogen-bond acceptors (Lipinski definition) is 3. The van der Waals surface area contributed by atoms with Crippen LogP contribution in [0, 0.1) is 5.92 Å². The molecule has 1 aromatic carbocycles. The quantitative estimate of drug-likeness (QED) is 0.707. The van der Waals surface area contributed by atoms with Crippen LogP contribution in [-0.4, -0.2) is 49.9 Å². The highest BCUT2D eigenvalue weighted by molar-refractivity contribution is 6.30. The number of carbonyl (C=O) groups is 2. The molecule has 2 rings (SSSR count). The van der Waals surface area contributed by atoms with E-state index < -0.39 is 0 Å². The van der Waals surface area contributed by atoms with Gasteiger partial charge in [0.25, 0.3) is 5.91 Å². The van der Waals surface area contributed by atoms with Crippen LogP contribution in [0.3, 0.4) is 0 Å². The van der Waals surface area contributed by atoms with Crippen LogP contribution < -0.4 is 10.6 Å². The van der Waals surface area contributed by atoms with Gasteiger partial charge in [0.1, 0.15) is 0 Å². The summed E-state index contributed by atoms with van der Waals surface area (Å²) in [6.45, 7) is 3.16. The van der Waals surface area contributed by atoms with E-state index in [1.165, 1.54) is 6.42 Å². The van der Waals surface area contributed by atoms with Crippen molar-refractivity contribution >= 4 is 35.8 Å². The first-order chi connectivity index (χ1) is 11.6. The summed E-state index contributed by atoms with van der Waals surface area (Å²) < 4.78 is 0. The number of carbonyl (C=O) groups excluding carboxylic acids is 2. The van der Waals surface area contributed by atoms with Crippen LogP contribution in [0.1, 0.15) is 36.0 Å². The number of rotatable bonds is 7. The van der Waals surface area contributed by atoms with E-state index in [1.807, 2.05) is 11.9 Å². The lowest BCUT2D eigenvalue weighted by molar-refractivity contribution is -0.133. The number of likely N-dealkylation sites (tertiary alicyclic amines) is 1. The SMILES string of the molecule is CNCC1CCCN(C(=O)CCCNC(=O)c2ccc(Cl)cc2)C1.Cl. The number of nitrogens with one attached hydrogen (secondary N) is 2. The van der Waals surface area contributed by atoms with Gasteiger partial charge in [0.05, 0.1) is 0 Å². The van der Waals surface area contributed by atoms with Gasteiger partial charge in [0.2, 0.25) is 5.91 Å². The smallest absolute Gasteiger partial charge is 0.251 e. The second kappa shape index (κ2) is 11.3. The molecule has 2 amide bonds. The predicted molar refractivity (Wildman–Crippen MR) is 103 cm³/mol. The van der Waals surface area contributed by atoms with Crippen molar-refractivity contribution in [3.05, 3.63) is 34.9 Å². The summed E-state index contributed by atoms with van der Waals surface area (Å²) in [7, 11) is 1.95. The average molecular weight is 388 g/mol. The molecule has 0 aliphatic carbocycles. The number of nitrogens with zero attached hydrogens (tertiary/aromatic N) is 1. The molecule has 0 radical (unpaired) electrons. The lowest BCUT2D eigenvalue weighted by atomic mass is 9.97. The Bertz CT molecular complexity index is 550. The van der Waals surface area contributed by atoms with Crippen LogP contribution in [0.15, 0.2) is 24.3 Å². The molecule has 5 nitrogen and oxygen atoms in total. The van der Waals surface area contributed by atoms with E-state index in [2.05, 4.69) is 10.6 Å². The van der Waals surface area contributed by atoms with Crippen molar-refractivity contribution in [3.63, 3.8) is 0 Å². The molecule has 2 N–H and O–H groups in total. The molecule has 1 aliphatic heterocycles. The topological polar surface area (TPSA) is 61.4 Å².